The maximum absolute atomic E-state index is 11.5. The Kier molecular flexibility index (Phi) is 2.21. The minimum atomic E-state index is -0.735. The Hall–Kier alpha value is -0.710. The Morgan fingerprint density at radius 2 is 1.93 bits per heavy atom. The maximum atomic E-state index is 11.5. The van der Waals surface area contributed by atoms with Crippen molar-refractivity contribution >= 4 is 23.8 Å². The fraction of sp³-hybridized carbons (Fsp3) is 0.778. The Morgan fingerprint density at radius 3 is 2.36 bits per heavy atom. The molecule has 2 aliphatic rings. The minimum Gasteiger partial charge on any atom is -0.374 e. The third kappa shape index (κ3) is 1.49. The van der Waals surface area contributed by atoms with Gasteiger partial charge in [0.1, 0.15) is 5.54 Å². The summed E-state index contributed by atoms with van der Waals surface area (Å²) >= 11 is 1.85. The van der Waals surface area contributed by atoms with Crippen molar-refractivity contribution in [1.29, 1.82) is 0 Å². The number of carbonyl (C=O) groups excluding carboxylic acids is 2. The van der Waals surface area contributed by atoms with Crippen molar-refractivity contribution in [1.82, 2.24) is 5.32 Å². The van der Waals surface area contributed by atoms with Crippen molar-refractivity contribution in [3.05, 3.63) is 0 Å². The first-order chi connectivity index (χ1) is 6.52. The first-order valence-corrected chi connectivity index (χ1v) is 5.66. The highest BCUT2D eigenvalue weighted by atomic mass is 32.2. The zero-order valence-electron chi connectivity index (χ0n) is 8.20. The van der Waals surface area contributed by atoms with Crippen molar-refractivity contribution in [2.45, 2.75) is 42.7 Å². The van der Waals surface area contributed by atoms with Gasteiger partial charge in [-0.2, -0.15) is 11.8 Å². The van der Waals surface area contributed by atoms with E-state index in [0.717, 1.165) is 0 Å². The average molecular weight is 215 g/mol. The van der Waals surface area contributed by atoms with E-state index < -0.39 is 17.6 Å². The average Bonchev–Trinajstić information content (AvgIpc) is 2.23. The first kappa shape index (κ1) is 9.83. The number of thioether (sulfide) groups is 1. The van der Waals surface area contributed by atoms with Crippen molar-refractivity contribution in [2.75, 3.05) is 0 Å². The molecular weight excluding hydrogens is 202 g/mol. The number of ether oxygens (including phenoxy) is 1. The molecule has 2 fully saturated rings. The summed E-state index contributed by atoms with van der Waals surface area (Å²) in [6, 6.07) is 0. The van der Waals surface area contributed by atoms with E-state index >= 15 is 0 Å². The second-order valence-corrected chi connectivity index (χ2v) is 5.93. The summed E-state index contributed by atoms with van der Waals surface area (Å²) in [5, 5.41) is 3.41. The van der Waals surface area contributed by atoms with E-state index in [2.05, 4.69) is 23.9 Å². The fourth-order valence-electron chi connectivity index (χ4n) is 2.28. The summed E-state index contributed by atoms with van der Waals surface area (Å²) in [7, 11) is 0. The topological polar surface area (TPSA) is 55.4 Å². The van der Waals surface area contributed by atoms with Crippen molar-refractivity contribution < 1.29 is 14.3 Å². The predicted molar refractivity (Wildman–Crippen MR) is 53.1 cm³/mol. The van der Waals surface area contributed by atoms with Crippen LogP contribution in [0.3, 0.4) is 0 Å². The number of nitrogens with one attached hydrogen (secondary N) is 1. The standard InChI is InChI=1S/C9H13NO3S/c1-5-3-9(4-6(2)14-5)7(11)13-8(12)10-9/h5-6H,3-4H2,1-2H3,(H,10,12). The molecule has 4 nitrogen and oxygen atoms in total. The number of hydrogen-bond donors (Lipinski definition) is 1. The van der Waals surface area contributed by atoms with E-state index in [1.54, 1.807) is 0 Å². The van der Waals surface area contributed by atoms with Crippen LogP contribution in [-0.4, -0.2) is 28.1 Å². The van der Waals surface area contributed by atoms with Gasteiger partial charge in [-0.25, -0.2) is 9.59 Å². The quantitative estimate of drug-likeness (QED) is 0.489. The third-order valence-electron chi connectivity index (χ3n) is 2.65. The van der Waals surface area contributed by atoms with Crippen LogP contribution in [0.15, 0.2) is 0 Å². The lowest BCUT2D eigenvalue weighted by atomic mass is 9.88. The highest BCUT2D eigenvalue weighted by molar-refractivity contribution is 8.00. The SMILES string of the molecule is CC1CC2(CC(C)S1)NC(=O)OC2=O. The van der Waals surface area contributed by atoms with E-state index in [0.29, 0.717) is 23.3 Å². The second kappa shape index (κ2) is 3.15. The molecule has 2 aliphatic heterocycles. The molecule has 2 rings (SSSR count). The lowest BCUT2D eigenvalue weighted by molar-refractivity contribution is -0.139. The van der Waals surface area contributed by atoms with Crippen LogP contribution in [-0.2, 0) is 9.53 Å². The van der Waals surface area contributed by atoms with Gasteiger partial charge in [-0.1, -0.05) is 13.8 Å². The van der Waals surface area contributed by atoms with Crippen LogP contribution in [0, 0.1) is 0 Å². The van der Waals surface area contributed by atoms with Crippen LogP contribution in [0.5, 0.6) is 0 Å². The van der Waals surface area contributed by atoms with Crippen LogP contribution in [0.4, 0.5) is 4.79 Å². The molecule has 2 unspecified atom stereocenters. The molecule has 78 valence electrons. The van der Waals surface area contributed by atoms with Gasteiger partial charge in [-0.15, -0.1) is 0 Å². The van der Waals surface area contributed by atoms with Gasteiger partial charge in [0, 0.05) is 10.5 Å². The Balaban J connectivity index is 2.22. The molecule has 0 aliphatic carbocycles. The Morgan fingerprint density at radius 1 is 1.36 bits per heavy atom. The molecule has 0 radical (unpaired) electrons. The molecular formula is C9H13NO3S. The van der Waals surface area contributed by atoms with Gasteiger partial charge in [0.25, 0.3) is 0 Å². The molecule has 0 saturated carbocycles. The summed E-state index contributed by atoms with van der Waals surface area (Å²) in [4.78, 5) is 22.5. The van der Waals surface area contributed by atoms with Gasteiger partial charge in [-0.3, -0.25) is 0 Å². The Labute approximate surface area is 86.8 Å². The van der Waals surface area contributed by atoms with Gasteiger partial charge < -0.3 is 10.1 Å². The predicted octanol–water partition coefficient (Wildman–Crippen LogP) is 1.30. The number of esters is 1. The highest BCUT2D eigenvalue weighted by Crippen LogP contribution is 2.39. The lowest BCUT2D eigenvalue weighted by Gasteiger charge is -2.35. The minimum absolute atomic E-state index is 0.379. The highest BCUT2D eigenvalue weighted by Gasteiger charge is 2.52. The van der Waals surface area contributed by atoms with Crippen LogP contribution < -0.4 is 5.32 Å². The van der Waals surface area contributed by atoms with Gasteiger partial charge in [0.15, 0.2) is 0 Å². The number of cyclic esters (lactones) is 2. The molecule has 2 saturated heterocycles. The third-order valence-corrected chi connectivity index (χ3v) is 3.92. The molecule has 14 heavy (non-hydrogen) atoms. The maximum Gasteiger partial charge on any atom is 0.415 e. The summed E-state index contributed by atoms with van der Waals surface area (Å²) < 4.78 is 4.55. The summed E-state index contributed by atoms with van der Waals surface area (Å²) in [5.41, 5.74) is -0.735. The van der Waals surface area contributed by atoms with E-state index in [1.807, 2.05) is 11.8 Å². The largest absolute Gasteiger partial charge is 0.415 e. The van der Waals surface area contributed by atoms with E-state index in [-0.39, 0.29) is 0 Å². The summed E-state index contributed by atoms with van der Waals surface area (Å²) in [6.07, 6.45) is 0.750. The summed E-state index contributed by atoms with van der Waals surface area (Å²) in [5.74, 6) is -0.401. The van der Waals surface area contributed by atoms with Gasteiger partial charge in [-0.05, 0) is 12.8 Å². The number of carbonyl (C=O) groups is 2. The van der Waals surface area contributed by atoms with Gasteiger partial charge in [0.2, 0.25) is 0 Å². The van der Waals surface area contributed by atoms with Crippen molar-refractivity contribution in [3.8, 4) is 0 Å². The number of alkyl carbamates (subject to hydrolysis) is 1. The molecule has 0 bridgehead atoms. The summed E-state index contributed by atoms with van der Waals surface area (Å²) in [6.45, 7) is 4.14. The normalized spacial score (nSPS) is 42.4. The molecule has 2 atom stereocenters. The number of rotatable bonds is 0. The van der Waals surface area contributed by atoms with Crippen LogP contribution in [0.1, 0.15) is 26.7 Å². The zero-order chi connectivity index (χ0) is 10.3. The van der Waals surface area contributed by atoms with Crippen LogP contribution in [0.2, 0.25) is 0 Å². The van der Waals surface area contributed by atoms with Gasteiger partial charge in [0.05, 0.1) is 0 Å². The van der Waals surface area contributed by atoms with E-state index in [9.17, 15) is 9.59 Å². The molecule has 0 aromatic carbocycles. The molecule has 0 aromatic rings. The number of hydrogen-bond acceptors (Lipinski definition) is 4. The zero-order valence-corrected chi connectivity index (χ0v) is 9.02. The Bertz CT molecular complexity index is 282. The number of amides is 1. The van der Waals surface area contributed by atoms with Crippen molar-refractivity contribution in [3.63, 3.8) is 0 Å². The molecule has 1 amide bonds. The van der Waals surface area contributed by atoms with E-state index in [4.69, 9.17) is 0 Å². The smallest absolute Gasteiger partial charge is 0.374 e. The molecule has 1 N–H and O–H groups in total. The molecule has 5 heteroatoms. The van der Waals surface area contributed by atoms with Crippen LogP contribution in [0.25, 0.3) is 0 Å². The molecule has 2 heterocycles. The lowest BCUT2D eigenvalue weighted by Crippen LogP contribution is -2.52. The molecule has 1 spiro atoms. The van der Waals surface area contributed by atoms with Crippen molar-refractivity contribution in [2.24, 2.45) is 0 Å². The van der Waals surface area contributed by atoms with E-state index in [1.165, 1.54) is 0 Å². The first-order valence-electron chi connectivity index (χ1n) is 4.72. The second-order valence-electron chi connectivity index (χ2n) is 4.05. The molecule has 0 aromatic heterocycles. The van der Waals surface area contributed by atoms with Gasteiger partial charge >= 0.3 is 12.1 Å². The monoisotopic (exact) mass is 215 g/mol. The fourth-order valence-corrected chi connectivity index (χ4v) is 3.83. The van der Waals surface area contributed by atoms with Crippen LogP contribution >= 0.6 is 11.8 Å².